The van der Waals surface area contributed by atoms with Gasteiger partial charge in [-0.1, -0.05) is 17.7 Å². The fourth-order valence-corrected chi connectivity index (χ4v) is 1.36. The Morgan fingerprint density at radius 1 is 1.50 bits per heavy atom. The lowest BCUT2D eigenvalue weighted by atomic mass is 10.1. The third kappa shape index (κ3) is 2.61. The molecule has 0 aromatic heterocycles. The van der Waals surface area contributed by atoms with Gasteiger partial charge in [0.15, 0.2) is 0 Å². The molecule has 0 heterocycles. The van der Waals surface area contributed by atoms with Crippen molar-refractivity contribution in [2.24, 2.45) is 0 Å². The van der Waals surface area contributed by atoms with Gasteiger partial charge in [-0.05, 0) is 17.7 Å². The molecule has 0 fully saturated rings. The normalized spacial score (nSPS) is 12.4. The minimum atomic E-state index is -1.15. The van der Waals surface area contributed by atoms with Crippen LogP contribution in [0.4, 0.5) is 0 Å². The van der Waals surface area contributed by atoms with Gasteiger partial charge in [0.05, 0.1) is 17.5 Å². The first-order chi connectivity index (χ1) is 6.50. The Morgan fingerprint density at radius 2 is 2.14 bits per heavy atom. The zero-order valence-electron chi connectivity index (χ0n) is 7.14. The number of phenolic OH excluding ortho intramolecular Hbond substituents is 1. The lowest BCUT2D eigenvalue weighted by Gasteiger charge is -2.10. The number of aliphatic carboxylic acids is 1. The minimum absolute atomic E-state index is 0.0266. The second kappa shape index (κ2) is 4.30. The number of carboxylic acid groups (broad SMARTS) is 1. The first-order valence-corrected chi connectivity index (χ1v) is 4.26. The molecule has 5 heteroatoms. The van der Waals surface area contributed by atoms with Gasteiger partial charge in [-0.2, -0.15) is 0 Å². The number of hydrogen-bond acceptors (Lipinski definition) is 3. The summed E-state index contributed by atoms with van der Waals surface area (Å²) >= 11 is 5.69. The fraction of sp³-hybridized carbons (Fsp3) is 0.222. The number of carboxylic acids is 1. The standard InChI is InChI=1S/C9H9ClO4/c10-7-3-5(11)1-2-6(7)8(12)4-9(13)14/h1-3,8,11-12H,4H2,(H,13,14)/t8-/m1/s1. The van der Waals surface area contributed by atoms with Crippen LogP contribution in [0.1, 0.15) is 18.1 Å². The van der Waals surface area contributed by atoms with Gasteiger partial charge in [-0.15, -0.1) is 0 Å². The van der Waals surface area contributed by atoms with Crippen molar-refractivity contribution in [2.45, 2.75) is 12.5 Å². The average molecular weight is 217 g/mol. The Morgan fingerprint density at radius 3 is 2.64 bits per heavy atom. The number of phenols is 1. The molecule has 4 nitrogen and oxygen atoms in total. The van der Waals surface area contributed by atoms with Gasteiger partial charge in [0.2, 0.25) is 0 Å². The summed E-state index contributed by atoms with van der Waals surface area (Å²) in [5, 5.41) is 27.0. The minimum Gasteiger partial charge on any atom is -0.508 e. The summed E-state index contributed by atoms with van der Waals surface area (Å²) in [6, 6.07) is 3.99. The van der Waals surface area contributed by atoms with E-state index in [4.69, 9.17) is 21.8 Å². The Kier molecular flexibility index (Phi) is 3.33. The number of benzene rings is 1. The lowest BCUT2D eigenvalue weighted by Crippen LogP contribution is -2.05. The van der Waals surface area contributed by atoms with Crippen molar-refractivity contribution in [1.29, 1.82) is 0 Å². The van der Waals surface area contributed by atoms with Crippen molar-refractivity contribution >= 4 is 17.6 Å². The number of aromatic hydroxyl groups is 1. The van der Waals surface area contributed by atoms with Crippen LogP contribution in [0.25, 0.3) is 0 Å². The second-order valence-corrected chi connectivity index (χ2v) is 3.23. The predicted octanol–water partition coefficient (Wildman–Crippen LogP) is 1.55. The monoisotopic (exact) mass is 216 g/mol. The Labute approximate surface area is 85.4 Å². The quantitative estimate of drug-likeness (QED) is 0.717. The summed E-state index contributed by atoms with van der Waals surface area (Å²) in [6.45, 7) is 0. The number of halogens is 1. The molecule has 0 aliphatic heterocycles. The maximum Gasteiger partial charge on any atom is 0.306 e. The topological polar surface area (TPSA) is 77.8 Å². The summed E-state index contributed by atoms with van der Waals surface area (Å²) in [5.74, 6) is -1.14. The van der Waals surface area contributed by atoms with Crippen molar-refractivity contribution in [3.8, 4) is 5.75 Å². The smallest absolute Gasteiger partial charge is 0.306 e. The number of hydrogen-bond donors (Lipinski definition) is 3. The largest absolute Gasteiger partial charge is 0.508 e. The molecular formula is C9H9ClO4. The molecule has 0 spiro atoms. The van der Waals surface area contributed by atoms with Crippen LogP contribution in [0.3, 0.4) is 0 Å². The molecule has 0 aliphatic carbocycles. The van der Waals surface area contributed by atoms with E-state index in [9.17, 15) is 9.90 Å². The average Bonchev–Trinajstić information content (AvgIpc) is 2.01. The SMILES string of the molecule is O=C(O)C[C@@H](O)c1ccc(O)cc1Cl. The molecule has 1 aromatic rings. The van der Waals surface area contributed by atoms with Crippen molar-refractivity contribution in [3.05, 3.63) is 28.8 Å². The fourth-order valence-electron chi connectivity index (χ4n) is 1.06. The molecule has 0 saturated carbocycles. The van der Waals surface area contributed by atoms with E-state index in [1.165, 1.54) is 18.2 Å². The van der Waals surface area contributed by atoms with Crippen LogP contribution in [0.2, 0.25) is 5.02 Å². The molecule has 14 heavy (non-hydrogen) atoms. The van der Waals surface area contributed by atoms with Gasteiger partial charge in [0.25, 0.3) is 0 Å². The third-order valence-electron chi connectivity index (χ3n) is 1.71. The molecule has 0 radical (unpaired) electrons. The molecule has 1 atom stereocenters. The van der Waals surface area contributed by atoms with Crippen molar-refractivity contribution in [2.75, 3.05) is 0 Å². The molecule has 1 aromatic carbocycles. The first-order valence-electron chi connectivity index (χ1n) is 3.89. The first kappa shape index (κ1) is 10.8. The van der Waals surface area contributed by atoms with Crippen LogP contribution < -0.4 is 0 Å². The molecule has 76 valence electrons. The van der Waals surface area contributed by atoms with Gasteiger partial charge >= 0.3 is 5.97 Å². The Bertz CT molecular complexity index is 351. The molecule has 0 amide bonds. The summed E-state index contributed by atoms with van der Waals surface area (Å²) in [7, 11) is 0. The predicted molar refractivity (Wildman–Crippen MR) is 50.3 cm³/mol. The van der Waals surface area contributed by atoms with Crippen LogP contribution in [0.5, 0.6) is 5.75 Å². The number of aliphatic hydroxyl groups is 1. The van der Waals surface area contributed by atoms with Crippen molar-refractivity contribution in [3.63, 3.8) is 0 Å². The molecular weight excluding hydrogens is 208 g/mol. The maximum atomic E-state index is 10.3. The highest BCUT2D eigenvalue weighted by molar-refractivity contribution is 6.31. The molecule has 0 aliphatic rings. The van der Waals surface area contributed by atoms with Gasteiger partial charge in [0, 0.05) is 0 Å². The van der Waals surface area contributed by atoms with E-state index in [2.05, 4.69) is 0 Å². The highest BCUT2D eigenvalue weighted by atomic mass is 35.5. The van der Waals surface area contributed by atoms with Crippen molar-refractivity contribution in [1.82, 2.24) is 0 Å². The molecule has 0 bridgehead atoms. The summed E-state index contributed by atoms with van der Waals surface area (Å²) < 4.78 is 0. The van der Waals surface area contributed by atoms with E-state index in [-0.39, 0.29) is 10.8 Å². The number of carbonyl (C=O) groups is 1. The Balaban J connectivity index is 2.90. The van der Waals surface area contributed by atoms with Crippen LogP contribution in [0, 0.1) is 0 Å². The molecule has 0 unspecified atom stereocenters. The van der Waals surface area contributed by atoms with E-state index < -0.39 is 18.5 Å². The molecule has 1 rings (SSSR count). The van der Waals surface area contributed by atoms with Gasteiger partial charge in [-0.3, -0.25) is 4.79 Å². The number of rotatable bonds is 3. The van der Waals surface area contributed by atoms with Crippen LogP contribution in [-0.4, -0.2) is 21.3 Å². The maximum absolute atomic E-state index is 10.3. The second-order valence-electron chi connectivity index (χ2n) is 2.82. The zero-order chi connectivity index (χ0) is 10.7. The van der Waals surface area contributed by atoms with Gasteiger partial charge in [0.1, 0.15) is 5.75 Å². The Hall–Kier alpha value is -1.26. The van der Waals surface area contributed by atoms with Gasteiger partial charge < -0.3 is 15.3 Å². The van der Waals surface area contributed by atoms with Crippen LogP contribution in [-0.2, 0) is 4.79 Å². The van der Waals surface area contributed by atoms with Gasteiger partial charge in [-0.25, -0.2) is 0 Å². The third-order valence-corrected chi connectivity index (χ3v) is 2.04. The molecule has 0 saturated heterocycles. The van der Waals surface area contributed by atoms with E-state index in [1.54, 1.807) is 0 Å². The highest BCUT2D eigenvalue weighted by Crippen LogP contribution is 2.28. The summed E-state index contributed by atoms with van der Waals surface area (Å²) in [4.78, 5) is 10.3. The van der Waals surface area contributed by atoms with E-state index >= 15 is 0 Å². The summed E-state index contributed by atoms with van der Waals surface area (Å²) in [6.07, 6.45) is -1.56. The van der Waals surface area contributed by atoms with Crippen LogP contribution >= 0.6 is 11.6 Å². The zero-order valence-corrected chi connectivity index (χ0v) is 7.90. The van der Waals surface area contributed by atoms with E-state index in [0.717, 1.165) is 0 Å². The van der Waals surface area contributed by atoms with E-state index in [1.807, 2.05) is 0 Å². The lowest BCUT2D eigenvalue weighted by molar-refractivity contribution is -0.139. The highest BCUT2D eigenvalue weighted by Gasteiger charge is 2.15. The van der Waals surface area contributed by atoms with Crippen LogP contribution in [0.15, 0.2) is 18.2 Å². The number of aliphatic hydroxyl groups excluding tert-OH is 1. The molecule has 3 N–H and O–H groups in total. The summed E-state index contributed by atoms with van der Waals surface area (Å²) in [5.41, 5.74) is 0.298. The van der Waals surface area contributed by atoms with Crippen molar-refractivity contribution < 1.29 is 20.1 Å². The van der Waals surface area contributed by atoms with E-state index in [0.29, 0.717) is 5.56 Å².